The second-order valence-corrected chi connectivity index (χ2v) is 8.67. The molecule has 0 bridgehead atoms. The average molecular weight is 536 g/mol. The number of hydrogen-bond donors (Lipinski definition) is 1. The molecule has 4 rings (SSSR count). The molecular formula is C25H18BrF4NO3. The highest BCUT2D eigenvalue weighted by molar-refractivity contribution is 9.10. The minimum absolute atomic E-state index is 0.00504. The lowest BCUT2D eigenvalue weighted by atomic mass is 9.96. The second kappa shape index (κ2) is 9.58. The van der Waals surface area contributed by atoms with E-state index in [0.29, 0.717) is 40.9 Å². The first-order valence-electron chi connectivity index (χ1n) is 10.3. The molecule has 176 valence electrons. The molecule has 0 saturated heterocycles. The number of allylic oxidation sites excluding steroid dienone is 2. The Bertz CT molecular complexity index is 1290. The molecule has 1 heterocycles. The van der Waals surface area contributed by atoms with Gasteiger partial charge >= 0.3 is 12.1 Å². The first-order valence-corrected chi connectivity index (χ1v) is 11.1. The molecular weight excluding hydrogens is 518 g/mol. The molecule has 34 heavy (non-hydrogen) atoms. The topological polar surface area (TPSA) is 59.4 Å². The van der Waals surface area contributed by atoms with Crippen molar-refractivity contribution in [2.24, 2.45) is 0 Å². The predicted octanol–water partition coefficient (Wildman–Crippen LogP) is 7.37. The fourth-order valence-electron chi connectivity index (χ4n) is 4.01. The maximum atomic E-state index is 14.0. The molecule has 1 aliphatic carbocycles. The van der Waals surface area contributed by atoms with E-state index in [1.807, 2.05) is 6.07 Å². The third kappa shape index (κ3) is 4.99. The Morgan fingerprint density at radius 2 is 1.82 bits per heavy atom. The van der Waals surface area contributed by atoms with Crippen molar-refractivity contribution in [3.05, 3.63) is 93.0 Å². The van der Waals surface area contributed by atoms with Crippen LogP contribution in [0.25, 0.3) is 11.1 Å². The number of benzene rings is 2. The first kappa shape index (κ1) is 23.9. The highest BCUT2D eigenvalue weighted by Gasteiger charge is 2.38. The number of aromatic nitrogens is 1. The molecule has 0 amide bonds. The van der Waals surface area contributed by atoms with Gasteiger partial charge in [0, 0.05) is 21.8 Å². The van der Waals surface area contributed by atoms with E-state index in [-0.39, 0.29) is 12.4 Å². The Morgan fingerprint density at radius 3 is 2.53 bits per heavy atom. The molecule has 4 nitrogen and oxygen atoms in total. The molecule has 0 unspecified atom stereocenters. The summed E-state index contributed by atoms with van der Waals surface area (Å²) in [5, 5.41) is 9.35. The van der Waals surface area contributed by atoms with Crippen LogP contribution in [-0.4, -0.2) is 16.1 Å². The van der Waals surface area contributed by atoms with Gasteiger partial charge in [-0.3, -0.25) is 4.98 Å². The number of pyridine rings is 1. The van der Waals surface area contributed by atoms with Crippen molar-refractivity contribution in [3.8, 4) is 5.75 Å². The molecule has 0 spiro atoms. The number of carboxylic acid groups (broad SMARTS) is 1. The molecule has 0 aliphatic heterocycles. The van der Waals surface area contributed by atoms with Crippen LogP contribution in [0, 0.1) is 5.82 Å². The van der Waals surface area contributed by atoms with E-state index in [1.54, 1.807) is 30.3 Å². The standard InChI is InChI=1S/C25H18BrF4NO3/c26-16-8-9-22(34-13-14-4-1-2-7-21(14)27)19(11-16)18-6-3-5-17(18)15-10-20(24(32)33)23(31-12-15)25(28,29)30/h1-2,4,7-12H,3,5-6,13H2,(H,32,33). The number of nitrogens with zero attached hydrogens (tertiary/aromatic N) is 1. The number of carboxylic acids is 1. The second-order valence-electron chi connectivity index (χ2n) is 7.75. The normalized spacial score (nSPS) is 13.9. The lowest BCUT2D eigenvalue weighted by Gasteiger charge is -2.16. The summed E-state index contributed by atoms with van der Waals surface area (Å²) in [7, 11) is 0. The summed E-state index contributed by atoms with van der Waals surface area (Å²) in [4.78, 5) is 15.0. The molecule has 0 saturated carbocycles. The van der Waals surface area contributed by atoms with Gasteiger partial charge < -0.3 is 9.84 Å². The van der Waals surface area contributed by atoms with Gasteiger partial charge in [-0.05, 0) is 66.3 Å². The molecule has 1 aliphatic rings. The number of rotatable bonds is 6. The van der Waals surface area contributed by atoms with Gasteiger partial charge in [0.05, 0.1) is 5.56 Å². The van der Waals surface area contributed by atoms with Crippen LogP contribution in [0.4, 0.5) is 17.6 Å². The summed E-state index contributed by atoms with van der Waals surface area (Å²) in [6, 6.07) is 12.6. The summed E-state index contributed by atoms with van der Waals surface area (Å²) < 4.78 is 60.4. The Morgan fingerprint density at radius 1 is 1.09 bits per heavy atom. The lowest BCUT2D eigenvalue weighted by Crippen LogP contribution is -2.15. The van der Waals surface area contributed by atoms with Crippen LogP contribution < -0.4 is 4.74 Å². The zero-order chi connectivity index (χ0) is 24.5. The van der Waals surface area contributed by atoms with Gasteiger partial charge in [-0.25, -0.2) is 9.18 Å². The average Bonchev–Trinajstić information content (AvgIpc) is 3.28. The van der Waals surface area contributed by atoms with E-state index >= 15 is 0 Å². The Labute approximate surface area is 201 Å². The Balaban J connectivity index is 1.76. The monoisotopic (exact) mass is 535 g/mol. The van der Waals surface area contributed by atoms with Gasteiger partial charge in [0.15, 0.2) is 5.69 Å². The molecule has 0 fully saturated rings. The van der Waals surface area contributed by atoms with Crippen molar-refractivity contribution in [2.75, 3.05) is 0 Å². The van der Waals surface area contributed by atoms with Gasteiger partial charge in [0.1, 0.15) is 18.2 Å². The SMILES string of the molecule is O=C(O)c1cc(C2=C(c3cc(Br)ccc3OCc3ccccc3F)CCC2)cnc1C(F)(F)F. The van der Waals surface area contributed by atoms with Crippen molar-refractivity contribution < 1.29 is 32.2 Å². The minimum atomic E-state index is -4.88. The van der Waals surface area contributed by atoms with Crippen LogP contribution in [0.15, 0.2) is 59.2 Å². The summed E-state index contributed by atoms with van der Waals surface area (Å²) in [6.07, 6.45) is -1.93. The number of ether oxygens (including phenoxy) is 1. The van der Waals surface area contributed by atoms with Crippen LogP contribution >= 0.6 is 15.9 Å². The summed E-state index contributed by atoms with van der Waals surface area (Å²) in [5.74, 6) is -1.60. The smallest absolute Gasteiger partial charge is 0.434 e. The van der Waals surface area contributed by atoms with E-state index in [1.165, 1.54) is 6.07 Å². The fourth-order valence-corrected chi connectivity index (χ4v) is 4.37. The summed E-state index contributed by atoms with van der Waals surface area (Å²) in [5.41, 5.74) is 0.609. The number of carbonyl (C=O) groups is 1. The van der Waals surface area contributed by atoms with Crippen molar-refractivity contribution >= 4 is 33.0 Å². The largest absolute Gasteiger partial charge is 0.488 e. The van der Waals surface area contributed by atoms with Gasteiger partial charge in [-0.15, -0.1) is 0 Å². The van der Waals surface area contributed by atoms with E-state index in [9.17, 15) is 27.5 Å². The zero-order valence-electron chi connectivity index (χ0n) is 17.6. The highest BCUT2D eigenvalue weighted by Crippen LogP contribution is 2.44. The lowest BCUT2D eigenvalue weighted by molar-refractivity contribution is -0.141. The predicted molar refractivity (Wildman–Crippen MR) is 122 cm³/mol. The van der Waals surface area contributed by atoms with Gasteiger partial charge in [0.2, 0.25) is 0 Å². The van der Waals surface area contributed by atoms with Crippen LogP contribution in [0.1, 0.15) is 52.0 Å². The van der Waals surface area contributed by atoms with E-state index < -0.39 is 23.4 Å². The van der Waals surface area contributed by atoms with Crippen LogP contribution in [0.5, 0.6) is 5.75 Å². The number of halogens is 5. The van der Waals surface area contributed by atoms with Crippen LogP contribution in [0.2, 0.25) is 0 Å². The number of aromatic carboxylic acids is 1. The van der Waals surface area contributed by atoms with E-state index in [2.05, 4.69) is 20.9 Å². The van der Waals surface area contributed by atoms with Crippen LogP contribution in [0.3, 0.4) is 0 Å². The number of alkyl halides is 3. The molecule has 0 radical (unpaired) electrons. The Hall–Kier alpha value is -3.20. The maximum Gasteiger partial charge on any atom is 0.434 e. The quantitative estimate of drug-likeness (QED) is 0.334. The van der Waals surface area contributed by atoms with Crippen molar-refractivity contribution in [3.63, 3.8) is 0 Å². The third-order valence-corrected chi connectivity index (χ3v) is 6.05. The molecule has 1 aromatic heterocycles. The van der Waals surface area contributed by atoms with Gasteiger partial charge in [-0.1, -0.05) is 34.1 Å². The van der Waals surface area contributed by atoms with Crippen LogP contribution in [-0.2, 0) is 12.8 Å². The molecule has 3 aromatic rings. The fraction of sp³-hybridized carbons (Fsp3) is 0.200. The summed E-state index contributed by atoms with van der Waals surface area (Å²) >= 11 is 3.44. The minimum Gasteiger partial charge on any atom is -0.488 e. The first-order chi connectivity index (χ1) is 16.1. The van der Waals surface area contributed by atoms with Gasteiger partial charge in [-0.2, -0.15) is 13.2 Å². The van der Waals surface area contributed by atoms with Crippen molar-refractivity contribution in [1.82, 2.24) is 4.98 Å². The third-order valence-electron chi connectivity index (χ3n) is 5.56. The van der Waals surface area contributed by atoms with Crippen molar-refractivity contribution in [1.29, 1.82) is 0 Å². The van der Waals surface area contributed by atoms with E-state index in [4.69, 9.17) is 4.74 Å². The summed E-state index contributed by atoms with van der Waals surface area (Å²) in [6.45, 7) is -0.00504. The molecule has 9 heteroatoms. The molecule has 0 atom stereocenters. The van der Waals surface area contributed by atoms with E-state index in [0.717, 1.165) is 28.7 Å². The molecule has 2 aromatic carbocycles. The maximum absolute atomic E-state index is 14.0. The van der Waals surface area contributed by atoms with Crippen molar-refractivity contribution in [2.45, 2.75) is 32.0 Å². The zero-order valence-corrected chi connectivity index (χ0v) is 19.2. The molecule has 1 N–H and O–H groups in total. The Kier molecular flexibility index (Phi) is 6.74. The van der Waals surface area contributed by atoms with Gasteiger partial charge in [0.25, 0.3) is 0 Å². The number of hydrogen-bond acceptors (Lipinski definition) is 3. The highest BCUT2D eigenvalue weighted by atomic mass is 79.9.